The maximum absolute atomic E-state index is 3.40. The van der Waals surface area contributed by atoms with Gasteiger partial charge in [-0.25, -0.2) is 0 Å². The zero-order valence-corrected chi connectivity index (χ0v) is 7.64. The highest BCUT2D eigenvalue weighted by atomic mass is 14.9. The standard InChI is InChI=1S/C10H19N.CH4/c1-3-4-5-6-10-8-11-7-9(10)2;/h5-6,9-11H,3-4,7-8H2,1-2H3;1H4/b6-5-;. The van der Waals surface area contributed by atoms with Crippen LogP contribution in [0.15, 0.2) is 12.2 Å². The summed E-state index contributed by atoms with van der Waals surface area (Å²) >= 11 is 0. The molecule has 1 nitrogen and oxygen atoms in total. The van der Waals surface area contributed by atoms with Gasteiger partial charge in [0.1, 0.15) is 0 Å². The molecule has 1 heteroatoms. The van der Waals surface area contributed by atoms with Crippen LogP contribution in [0.3, 0.4) is 0 Å². The van der Waals surface area contributed by atoms with Gasteiger partial charge in [-0.05, 0) is 24.8 Å². The Morgan fingerprint density at radius 2 is 2.17 bits per heavy atom. The van der Waals surface area contributed by atoms with Gasteiger partial charge in [0.15, 0.2) is 0 Å². The van der Waals surface area contributed by atoms with Crippen molar-refractivity contribution in [1.29, 1.82) is 0 Å². The molecule has 1 saturated heterocycles. The van der Waals surface area contributed by atoms with Crippen LogP contribution in [0.5, 0.6) is 0 Å². The molecule has 0 aromatic heterocycles. The van der Waals surface area contributed by atoms with Crippen LogP contribution in [-0.2, 0) is 0 Å². The maximum atomic E-state index is 3.40. The molecule has 1 fully saturated rings. The first kappa shape index (κ1) is 11.7. The van der Waals surface area contributed by atoms with Crippen molar-refractivity contribution in [3.8, 4) is 0 Å². The molecule has 12 heavy (non-hydrogen) atoms. The Balaban J connectivity index is 0.00000121. The van der Waals surface area contributed by atoms with Crippen molar-refractivity contribution in [2.24, 2.45) is 11.8 Å². The SMILES string of the molecule is C.CCC/C=C\C1CNCC1C. The Kier molecular flexibility index (Phi) is 6.09. The minimum Gasteiger partial charge on any atom is -0.316 e. The van der Waals surface area contributed by atoms with Gasteiger partial charge in [-0.2, -0.15) is 0 Å². The average molecular weight is 169 g/mol. The molecule has 2 unspecified atom stereocenters. The molecule has 1 aliphatic heterocycles. The fourth-order valence-corrected chi connectivity index (χ4v) is 1.53. The van der Waals surface area contributed by atoms with E-state index in [2.05, 4.69) is 31.3 Å². The molecule has 0 saturated carbocycles. The van der Waals surface area contributed by atoms with E-state index in [0.717, 1.165) is 11.8 Å². The van der Waals surface area contributed by atoms with Gasteiger partial charge in [0.05, 0.1) is 0 Å². The highest BCUT2D eigenvalue weighted by Gasteiger charge is 2.19. The fraction of sp³-hybridized carbons (Fsp3) is 0.818. The number of hydrogen-bond donors (Lipinski definition) is 1. The van der Waals surface area contributed by atoms with Crippen molar-refractivity contribution < 1.29 is 0 Å². The molecule has 0 aliphatic carbocycles. The molecule has 0 aromatic rings. The molecule has 0 amide bonds. The quantitative estimate of drug-likeness (QED) is 0.641. The summed E-state index contributed by atoms with van der Waals surface area (Å²) in [5.74, 6) is 1.63. The van der Waals surface area contributed by atoms with Gasteiger partial charge in [-0.1, -0.05) is 39.8 Å². The van der Waals surface area contributed by atoms with E-state index in [-0.39, 0.29) is 7.43 Å². The van der Waals surface area contributed by atoms with Gasteiger partial charge in [-0.15, -0.1) is 0 Å². The van der Waals surface area contributed by atoms with Gasteiger partial charge in [0.2, 0.25) is 0 Å². The zero-order valence-electron chi connectivity index (χ0n) is 7.64. The van der Waals surface area contributed by atoms with E-state index in [1.807, 2.05) is 0 Å². The van der Waals surface area contributed by atoms with E-state index in [1.54, 1.807) is 0 Å². The predicted molar refractivity (Wildman–Crippen MR) is 56.3 cm³/mol. The van der Waals surface area contributed by atoms with Crippen LogP contribution in [0.4, 0.5) is 0 Å². The van der Waals surface area contributed by atoms with E-state index < -0.39 is 0 Å². The first-order valence-electron chi connectivity index (χ1n) is 4.72. The summed E-state index contributed by atoms with van der Waals surface area (Å²) in [4.78, 5) is 0. The Bertz CT molecular complexity index is 129. The number of hydrogen-bond acceptors (Lipinski definition) is 1. The lowest BCUT2D eigenvalue weighted by molar-refractivity contribution is 0.541. The second-order valence-corrected chi connectivity index (χ2v) is 3.52. The summed E-state index contributed by atoms with van der Waals surface area (Å²) in [7, 11) is 0. The summed E-state index contributed by atoms with van der Waals surface area (Å²) in [6, 6.07) is 0. The summed E-state index contributed by atoms with van der Waals surface area (Å²) in [5, 5.41) is 3.40. The van der Waals surface area contributed by atoms with Crippen LogP contribution < -0.4 is 5.32 Å². The van der Waals surface area contributed by atoms with Crippen molar-refractivity contribution >= 4 is 0 Å². The number of unbranched alkanes of at least 4 members (excludes halogenated alkanes) is 1. The summed E-state index contributed by atoms with van der Waals surface area (Å²) < 4.78 is 0. The second-order valence-electron chi connectivity index (χ2n) is 3.52. The number of rotatable bonds is 3. The first-order chi connectivity index (χ1) is 5.34. The lowest BCUT2D eigenvalue weighted by Gasteiger charge is -2.07. The second kappa shape index (κ2) is 6.24. The molecule has 1 rings (SSSR count). The normalized spacial score (nSPS) is 29.2. The van der Waals surface area contributed by atoms with Gasteiger partial charge >= 0.3 is 0 Å². The van der Waals surface area contributed by atoms with Crippen LogP contribution in [0.1, 0.15) is 34.1 Å². The minimum absolute atomic E-state index is 0. The Morgan fingerprint density at radius 1 is 1.42 bits per heavy atom. The van der Waals surface area contributed by atoms with Crippen LogP contribution in [0.25, 0.3) is 0 Å². The van der Waals surface area contributed by atoms with Gasteiger partial charge in [0, 0.05) is 6.54 Å². The molecule has 0 bridgehead atoms. The van der Waals surface area contributed by atoms with E-state index in [9.17, 15) is 0 Å². The molecule has 0 aromatic carbocycles. The third-order valence-electron chi connectivity index (χ3n) is 2.42. The Morgan fingerprint density at radius 3 is 2.67 bits per heavy atom. The molecule has 2 atom stereocenters. The van der Waals surface area contributed by atoms with Crippen LogP contribution in [0, 0.1) is 11.8 Å². The average Bonchev–Trinajstić information content (AvgIpc) is 2.37. The predicted octanol–water partition coefficient (Wildman–Crippen LogP) is 2.83. The summed E-state index contributed by atoms with van der Waals surface area (Å²) in [6.45, 7) is 6.92. The highest BCUT2D eigenvalue weighted by Crippen LogP contribution is 2.17. The summed E-state index contributed by atoms with van der Waals surface area (Å²) in [5.41, 5.74) is 0. The lowest BCUT2D eigenvalue weighted by atomic mass is 9.97. The van der Waals surface area contributed by atoms with Crippen molar-refractivity contribution in [2.75, 3.05) is 13.1 Å². The maximum Gasteiger partial charge on any atom is 0.00173 e. The van der Waals surface area contributed by atoms with E-state index in [0.29, 0.717) is 0 Å². The topological polar surface area (TPSA) is 12.0 Å². The van der Waals surface area contributed by atoms with E-state index in [4.69, 9.17) is 0 Å². The first-order valence-corrected chi connectivity index (χ1v) is 4.72. The van der Waals surface area contributed by atoms with E-state index >= 15 is 0 Å². The smallest absolute Gasteiger partial charge is 0.00173 e. The minimum atomic E-state index is 0. The molecule has 1 aliphatic rings. The summed E-state index contributed by atoms with van der Waals surface area (Å²) in [6.07, 6.45) is 7.22. The van der Waals surface area contributed by atoms with Crippen molar-refractivity contribution in [3.63, 3.8) is 0 Å². The highest BCUT2D eigenvalue weighted by molar-refractivity contribution is 4.95. The van der Waals surface area contributed by atoms with Crippen molar-refractivity contribution in [3.05, 3.63) is 12.2 Å². The Labute approximate surface area is 77.2 Å². The Hall–Kier alpha value is -0.300. The van der Waals surface area contributed by atoms with Crippen LogP contribution >= 0.6 is 0 Å². The van der Waals surface area contributed by atoms with Gasteiger partial charge < -0.3 is 5.32 Å². The molecule has 0 radical (unpaired) electrons. The third-order valence-corrected chi connectivity index (χ3v) is 2.42. The molecule has 1 heterocycles. The number of nitrogens with one attached hydrogen (secondary N) is 1. The van der Waals surface area contributed by atoms with Crippen molar-refractivity contribution in [2.45, 2.75) is 34.1 Å². The van der Waals surface area contributed by atoms with E-state index in [1.165, 1.54) is 25.9 Å². The third kappa shape index (κ3) is 3.40. The largest absolute Gasteiger partial charge is 0.316 e. The lowest BCUT2D eigenvalue weighted by Crippen LogP contribution is -2.07. The molecule has 72 valence electrons. The van der Waals surface area contributed by atoms with Crippen LogP contribution in [0.2, 0.25) is 0 Å². The zero-order chi connectivity index (χ0) is 8.10. The fourth-order valence-electron chi connectivity index (χ4n) is 1.53. The molecular formula is C11H23N. The van der Waals surface area contributed by atoms with Crippen molar-refractivity contribution in [1.82, 2.24) is 5.32 Å². The molecule has 0 spiro atoms. The van der Waals surface area contributed by atoms with Crippen LogP contribution in [-0.4, -0.2) is 13.1 Å². The van der Waals surface area contributed by atoms with Gasteiger partial charge in [-0.3, -0.25) is 0 Å². The monoisotopic (exact) mass is 169 g/mol. The molecule has 1 N–H and O–H groups in total. The van der Waals surface area contributed by atoms with Gasteiger partial charge in [0.25, 0.3) is 0 Å². The molecular weight excluding hydrogens is 146 g/mol. The number of allylic oxidation sites excluding steroid dienone is 1.